The number of aromatic nitrogens is 2. The summed E-state index contributed by atoms with van der Waals surface area (Å²) in [4.78, 5) is 14.6. The maximum absolute atomic E-state index is 12.7. The van der Waals surface area contributed by atoms with E-state index in [9.17, 15) is 13.2 Å². The Morgan fingerprint density at radius 1 is 0.907 bits per heavy atom. The Morgan fingerprint density at radius 2 is 1.65 bits per heavy atom. The van der Waals surface area contributed by atoms with E-state index in [-0.39, 0.29) is 5.75 Å². The zero-order valence-electron chi connectivity index (χ0n) is 23.4. The van der Waals surface area contributed by atoms with Crippen LogP contribution in [-0.4, -0.2) is 60.0 Å². The second-order valence-corrected chi connectivity index (χ2v) is 11.5. The minimum absolute atomic E-state index is 0.284. The maximum Gasteiger partial charge on any atom is 0.573 e. The fourth-order valence-corrected chi connectivity index (χ4v) is 6.19. The molecule has 1 aromatic heterocycles. The van der Waals surface area contributed by atoms with Gasteiger partial charge in [0, 0.05) is 42.5 Å². The number of nitrogens with one attached hydrogen (secondary N) is 1. The molecule has 0 atom stereocenters. The van der Waals surface area contributed by atoms with Gasteiger partial charge in [0.15, 0.2) is 5.84 Å². The summed E-state index contributed by atoms with van der Waals surface area (Å²) in [7, 11) is 0. The van der Waals surface area contributed by atoms with Gasteiger partial charge in [0.25, 0.3) is 0 Å². The summed E-state index contributed by atoms with van der Waals surface area (Å²) in [6, 6.07) is 17.7. The van der Waals surface area contributed by atoms with Gasteiger partial charge in [0.2, 0.25) is 5.13 Å². The van der Waals surface area contributed by atoms with Crippen LogP contribution in [0.3, 0.4) is 0 Å². The number of aliphatic imine (C=N–C) groups is 1. The van der Waals surface area contributed by atoms with E-state index in [2.05, 4.69) is 43.0 Å². The molecule has 3 aromatic carbocycles. The number of ether oxygens (including phenoxy) is 1. The molecule has 7 rings (SSSR count). The SMILES string of the molecule is CCN1CCN(c2cc3c(c(=C4CC4)c2Nc2nnc(-c4ccccc4)s2)=NC(c2ccc(OC(F)(F)F)cc2)=N3)CC1. The highest BCUT2D eigenvalue weighted by atomic mass is 32.1. The largest absolute Gasteiger partial charge is 0.573 e. The number of alkyl halides is 3. The fraction of sp³-hybridized carbons (Fsp3) is 0.290. The van der Waals surface area contributed by atoms with Crippen molar-refractivity contribution in [1.82, 2.24) is 15.1 Å². The van der Waals surface area contributed by atoms with Crippen molar-refractivity contribution in [3.8, 4) is 16.3 Å². The number of benzene rings is 3. The molecule has 8 nitrogen and oxygen atoms in total. The molecule has 0 bridgehead atoms. The monoisotopic (exact) mass is 603 g/mol. The molecule has 3 aliphatic rings. The van der Waals surface area contributed by atoms with E-state index in [0.717, 1.165) is 83.8 Å². The Labute approximate surface area is 249 Å². The zero-order chi connectivity index (χ0) is 29.6. The minimum Gasteiger partial charge on any atom is -0.406 e. The number of likely N-dealkylation sites (N-methyl/N-ethyl adjacent to an activating group) is 1. The fourth-order valence-electron chi connectivity index (χ4n) is 5.44. The van der Waals surface area contributed by atoms with Crippen LogP contribution in [0.15, 0.2) is 70.6 Å². The van der Waals surface area contributed by atoms with E-state index in [1.54, 1.807) is 12.1 Å². The van der Waals surface area contributed by atoms with Crippen LogP contribution in [0.2, 0.25) is 0 Å². The van der Waals surface area contributed by atoms with Gasteiger partial charge in [-0.25, -0.2) is 9.98 Å². The van der Waals surface area contributed by atoms with Crippen LogP contribution in [0.5, 0.6) is 5.75 Å². The second kappa shape index (κ2) is 11.1. The van der Waals surface area contributed by atoms with Crippen molar-refractivity contribution >= 4 is 44.9 Å². The number of piperazine rings is 1. The van der Waals surface area contributed by atoms with Gasteiger partial charge in [-0.2, -0.15) is 0 Å². The molecule has 2 aliphatic heterocycles. The van der Waals surface area contributed by atoms with Crippen LogP contribution in [-0.2, 0) is 0 Å². The van der Waals surface area contributed by atoms with E-state index in [0.29, 0.717) is 16.5 Å². The van der Waals surface area contributed by atoms with Crippen molar-refractivity contribution in [2.24, 2.45) is 9.98 Å². The van der Waals surface area contributed by atoms with Crippen molar-refractivity contribution in [3.05, 3.63) is 76.8 Å². The topological polar surface area (TPSA) is 78.2 Å². The number of nitrogens with zero attached hydrogens (tertiary/aromatic N) is 6. The smallest absolute Gasteiger partial charge is 0.406 e. The molecule has 220 valence electrons. The first-order valence-electron chi connectivity index (χ1n) is 14.2. The number of hydrogen-bond donors (Lipinski definition) is 1. The number of anilines is 3. The van der Waals surface area contributed by atoms with Crippen LogP contribution < -0.4 is 25.5 Å². The molecule has 43 heavy (non-hydrogen) atoms. The standard InChI is InChI=1S/C31H28F3N7OS/c1-2-40-14-16-41(17-15-40)24-18-23-26(36-28(35-23)20-10-12-22(13-11-20)42-31(32,33)34)25(19-8-9-19)27(24)37-30-39-38-29(43-30)21-6-4-3-5-7-21/h3-7,10-13,18H,2,8-9,14-17H2,1H3,(H,37,39). The Balaban J connectivity index is 1.30. The third-order valence-corrected chi connectivity index (χ3v) is 8.63. The van der Waals surface area contributed by atoms with Gasteiger partial charge in [-0.05, 0) is 49.7 Å². The molecule has 0 amide bonds. The van der Waals surface area contributed by atoms with Gasteiger partial charge in [-0.15, -0.1) is 23.4 Å². The van der Waals surface area contributed by atoms with E-state index < -0.39 is 6.36 Å². The molecule has 0 unspecified atom stereocenters. The summed E-state index contributed by atoms with van der Waals surface area (Å²) in [5.74, 6) is 0.172. The average Bonchev–Trinajstić information content (AvgIpc) is 3.58. The van der Waals surface area contributed by atoms with Crippen LogP contribution in [0, 0.1) is 0 Å². The lowest BCUT2D eigenvalue weighted by Crippen LogP contribution is -2.47. The number of hydrogen-bond acceptors (Lipinski definition) is 9. The van der Waals surface area contributed by atoms with Crippen molar-refractivity contribution in [3.63, 3.8) is 0 Å². The van der Waals surface area contributed by atoms with Gasteiger partial charge >= 0.3 is 6.36 Å². The number of amidine groups is 1. The summed E-state index contributed by atoms with van der Waals surface area (Å²) in [5, 5.41) is 15.9. The van der Waals surface area contributed by atoms with E-state index in [1.807, 2.05) is 30.3 Å². The van der Waals surface area contributed by atoms with Gasteiger partial charge in [0.05, 0.1) is 17.1 Å². The van der Waals surface area contributed by atoms with E-state index in [1.165, 1.54) is 29.0 Å². The summed E-state index contributed by atoms with van der Waals surface area (Å²) in [6.07, 6.45) is -2.82. The van der Waals surface area contributed by atoms with Gasteiger partial charge in [0.1, 0.15) is 16.1 Å². The number of fused-ring (bicyclic) bond motifs is 1. The lowest BCUT2D eigenvalue weighted by molar-refractivity contribution is -0.274. The van der Waals surface area contributed by atoms with Crippen LogP contribution in [0.1, 0.15) is 25.3 Å². The van der Waals surface area contributed by atoms with Gasteiger partial charge < -0.3 is 19.9 Å². The zero-order valence-corrected chi connectivity index (χ0v) is 24.2. The maximum atomic E-state index is 12.7. The van der Waals surface area contributed by atoms with Crippen LogP contribution >= 0.6 is 11.3 Å². The van der Waals surface area contributed by atoms with Crippen molar-refractivity contribution in [1.29, 1.82) is 0 Å². The van der Waals surface area contributed by atoms with E-state index >= 15 is 0 Å². The normalized spacial score (nSPS) is 16.5. The third kappa shape index (κ3) is 5.84. The Morgan fingerprint density at radius 3 is 2.33 bits per heavy atom. The highest BCUT2D eigenvalue weighted by Gasteiger charge is 2.31. The summed E-state index contributed by atoms with van der Waals surface area (Å²) >= 11 is 1.50. The first kappa shape index (κ1) is 27.5. The predicted molar refractivity (Wildman–Crippen MR) is 162 cm³/mol. The molecular weight excluding hydrogens is 575 g/mol. The lowest BCUT2D eigenvalue weighted by Gasteiger charge is -2.36. The van der Waals surface area contributed by atoms with Crippen LogP contribution in [0.4, 0.5) is 35.4 Å². The molecule has 0 radical (unpaired) electrons. The molecule has 1 aliphatic carbocycles. The third-order valence-electron chi connectivity index (χ3n) is 7.74. The Bertz CT molecular complexity index is 1810. The van der Waals surface area contributed by atoms with Crippen molar-refractivity contribution < 1.29 is 17.9 Å². The minimum atomic E-state index is -4.75. The first-order valence-corrected chi connectivity index (χ1v) is 15.0. The molecule has 0 spiro atoms. The first-order chi connectivity index (χ1) is 20.8. The quantitative estimate of drug-likeness (QED) is 0.295. The van der Waals surface area contributed by atoms with Crippen LogP contribution in [0.25, 0.3) is 16.1 Å². The summed E-state index contributed by atoms with van der Waals surface area (Å²) in [6.45, 7) is 6.85. The van der Waals surface area contributed by atoms with Gasteiger partial charge in [-0.3, -0.25) is 0 Å². The number of rotatable bonds is 7. The summed E-state index contributed by atoms with van der Waals surface area (Å²) < 4.78 is 42.1. The lowest BCUT2D eigenvalue weighted by atomic mass is 10.1. The van der Waals surface area contributed by atoms with Crippen molar-refractivity contribution in [2.75, 3.05) is 42.9 Å². The highest BCUT2D eigenvalue weighted by Crippen LogP contribution is 2.36. The molecule has 1 saturated carbocycles. The molecule has 2 fully saturated rings. The van der Waals surface area contributed by atoms with E-state index in [4.69, 9.17) is 9.98 Å². The number of halogens is 3. The Kier molecular flexibility index (Phi) is 7.10. The molecule has 1 saturated heterocycles. The predicted octanol–water partition coefficient (Wildman–Crippen LogP) is 5.65. The Hall–Kier alpha value is -4.29. The second-order valence-electron chi connectivity index (χ2n) is 10.6. The van der Waals surface area contributed by atoms with Gasteiger partial charge in [-0.1, -0.05) is 54.2 Å². The average molecular weight is 604 g/mol. The summed E-state index contributed by atoms with van der Waals surface area (Å²) in [5.41, 5.74) is 5.64. The molecule has 1 N–H and O–H groups in total. The molecule has 3 heterocycles. The molecule has 4 aromatic rings. The molecular formula is C31H28F3N7OS. The van der Waals surface area contributed by atoms with Crippen molar-refractivity contribution in [2.45, 2.75) is 26.1 Å². The molecule has 12 heteroatoms. The highest BCUT2D eigenvalue weighted by molar-refractivity contribution is 7.18.